The molecule has 0 spiro atoms. The summed E-state index contributed by atoms with van der Waals surface area (Å²) in [5.74, 6) is 0.128. The van der Waals surface area contributed by atoms with Gasteiger partial charge in [-0.2, -0.15) is 0 Å². The van der Waals surface area contributed by atoms with Gasteiger partial charge in [0.25, 0.3) is 5.91 Å². The highest BCUT2D eigenvalue weighted by Gasteiger charge is 2.17. The highest BCUT2D eigenvalue weighted by molar-refractivity contribution is 5.97. The van der Waals surface area contributed by atoms with Gasteiger partial charge < -0.3 is 20.9 Å². The van der Waals surface area contributed by atoms with Crippen LogP contribution < -0.4 is 15.8 Å². The van der Waals surface area contributed by atoms with Crippen LogP contribution in [0.2, 0.25) is 0 Å². The first-order chi connectivity index (χ1) is 7.83. The zero-order valence-electron chi connectivity index (χ0n) is 10.3. The van der Waals surface area contributed by atoms with Crippen molar-refractivity contribution < 1.29 is 14.6 Å². The van der Waals surface area contributed by atoms with Crippen molar-refractivity contribution in [2.75, 3.05) is 19.4 Å². The summed E-state index contributed by atoms with van der Waals surface area (Å²) in [4.78, 5) is 11.9. The summed E-state index contributed by atoms with van der Waals surface area (Å²) in [7, 11) is 1.48. The summed E-state index contributed by atoms with van der Waals surface area (Å²) in [6.07, 6.45) is 0. The van der Waals surface area contributed by atoms with Crippen molar-refractivity contribution in [2.45, 2.75) is 19.4 Å². The minimum atomic E-state index is -0.955. The number of carbonyl (C=O) groups is 1. The van der Waals surface area contributed by atoms with E-state index in [1.165, 1.54) is 7.11 Å². The Hall–Kier alpha value is -1.75. The topological polar surface area (TPSA) is 84.6 Å². The molecule has 1 aromatic rings. The van der Waals surface area contributed by atoms with Gasteiger partial charge in [-0.3, -0.25) is 4.79 Å². The highest BCUT2D eigenvalue weighted by atomic mass is 16.5. The lowest BCUT2D eigenvalue weighted by molar-refractivity contribution is 0.0693. The lowest BCUT2D eigenvalue weighted by Gasteiger charge is -2.18. The van der Waals surface area contributed by atoms with Gasteiger partial charge in [-0.1, -0.05) is 0 Å². The van der Waals surface area contributed by atoms with Gasteiger partial charge in [0.2, 0.25) is 0 Å². The number of hydrogen-bond acceptors (Lipinski definition) is 4. The summed E-state index contributed by atoms with van der Waals surface area (Å²) in [5.41, 5.74) is 5.51. The van der Waals surface area contributed by atoms with Gasteiger partial charge in [0.05, 0.1) is 18.3 Å². The Morgan fingerprint density at radius 3 is 2.71 bits per heavy atom. The Morgan fingerprint density at radius 2 is 2.18 bits per heavy atom. The first-order valence-electron chi connectivity index (χ1n) is 5.27. The molecule has 5 nitrogen and oxygen atoms in total. The molecule has 0 saturated heterocycles. The summed E-state index contributed by atoms with van der Waals surface area (Å²) in [6, 6.07) is 4.83. The van der Waals surface area contributed by atoms with Gasteiger partial charge in [-0.05, 0) is 32.0 Å². The molecule has 5 heteroatoms. The van der Waals surface area contributed by atoms with Crippen molar-refractivity contribution in [3.63, 3.8) is 0 Å². The number of nitrogens with two attached hydrogens (primary N) is 1. The number of amides is 1. The molecule has 94 valence electrons. The van der Waals surface area contributed by atoms with Gasteiger partial charge >= 0.3 is 0 Å². The van der Waals surface area contributed by atoms with Crippen molar-refractivity contribution in [3.8, 4) is 5.75 Å². The summed E-state index contributed by atoms with van der Waals surface area (Å²) in [5, 5.41) is 12.1. The lowest BCUT2D eigenvalue weighted by atomic mass is 10.1. The fourth-order valence-electron chi connectivity index (χ4n) is 1.29. The van der Waals surface area contributed by atoms with E-state index in [0.717, 1.165) is 0 Å². The Labute approximate surface area is 101 Å². The van der Waals surface area contributed by atoms with Gasteiger partial charge in [-0.15, -0.1) is 0 Å². The number of rotatable bonds is 4. The standard InChI is InChI=1S/C12H18N2O3/c1-12(2,16)7-14-11(15)9-6-8(13)4-5-10(9)17-3/h4-6,16H,7,13H2,1-3H3,(H,14,15). The van der Waals surface area contributed by atoms with Crippen LogP contribution in [0.5, 0.6) is 5.75 Å². The Balaban J connectivity index is 2.84. The maximum absolute atomic E-state index is 11.9. The molecule has 17 heavy (non-hydrogen) atoms. The number of nitrogens with one attached hydrogen (secondary N) is 1. The maximum Gasteiger partial charge on any atom is 0.255 e. The molecule has 0 aliphatic heterocycles. The molecule has 0 aromatic heterocycles. The van der Waals surface area contributed by atoms with Crippen molar-refractivity contribution in [2.24, 2.45) is 0 Å². The molecule has 0 bridgehead atoms. The van der Waals surface area contributed by atoms with Crippen LogP contribution in [-0.4, -0.2) is 30.3 Å². The molecule has 0 aliphatic carbocycles. The number of ether oxygens (including phenoxy) is 1. The average molecular weight is 238 g/mol. The molecular weight excluding hydrogens is 220 g/mol. The van der Waals surface area contributed by atoms with E-state index in [1.807, 2.05) is 0 Å². The molecule has 1 amide bonds. The van der Waals surface area contributed by atoms with Crippen molar-refractivity contribution in [1.29, 1.82) is 0 Å². The number of nitrogen functional groups attached to an aromatic ring is 1. The first-order valence-corrected chi connectivity index (χ1v) is 5.27. The van der Waals surface area contributed by atoms with Crippen LogP contribution in [0.25, 0.3) is 0 Å². The quantitative estimate of drug-likeness (QED) is 0.677. The van der Waals surface area contributed by atoms with Crippen LogP contribution in [0, 0.1) is 0 Å². The first kappa shape index (κ1) is 13.3. The second kappa shape index (κ2) is 5.05. The number of carbonyl (C=O) groups excluding carboxylic acids is 1. The monoisotopic (exact) mass is 238 g/mol. The minimum absolute atomic E-state index is 0.157. The van der Waals surface area contributed by atoms with E-state index < -0.39 is 5.60 Å². The third kappa shape index (κ3) is 3.96. The van der Waals surface area contributed by atoms with E-state index in [1.54, 1.807) is 32.0 Å². The number of anilines is 1. The van der Waals surface area contributed by atoms with E-state index in [2.05, 4.69) is 5.32 Å². The SMILES string of the molecule is COc1ccc(N)cc1C(=O)NCC(C)(C)O. The van der Waals surface area contributed by atoms with Crippen molar-refractivity contribution in [3.05, 3.63) is 23.8 Å². The van der Waals surface area contributed by atoms with Gasteiger partial charge in [0.15, 0.2) is 0 Å². The molecule has 4 N–H and O–H groups in total. The van der Waals surface area contributed by atoms with Crippen LogP contribution in [0.4, 0.5) is 5.69 Å². The van der Waals surface area contributed by atoms with Crippen LogP contribution in [0.15, 0.2) is 18.2 Å². The summed E-state index contributed by atoms with van der Waals surface area (Å²) in [6.45, 7) is 3.39. The van der Waals surface area contributed by atoms with E-state index in [9.17, 15) is 9.90 Å². The van der Waals surface area contributed by atoms with Crippen LogP contribution in [0.1, 0.15) is 24.2 Å². The number of aliphatic hydroxyl groups is 1. The second-order valence-corrected chi connectivity index (χ2v) is 4.45. The Kier molecular flexibility index (Phi) is 3.96. The summed E-state index contributed by atoms with van der Waals surface area (Å²) >= 11 is 0. The predicted molar refractivity (Wildman–Crippen MR) is 66.0 cm³/mol. The minimum Gasteiger partial charge on any atom is -0.496 e. The predicted octanol–water partition coefficient (Wildman–Crippen LogP) is 0.778. The van der Waals surface area contributed by atoms with Crippen molar-refractivity contribution >= 4 is 11.6 Å². The number of methoxy groups -OCH3 is 1. The molecule has 1 rings (SSSR count). The van der Waals surface area contributed by atoms with E-state index in [4.69, 9.17) is 10.5 Å². The molecule has 0 atom stereocenters. The number of benzene rings is 1. The fourth-order valence-corrected chi connectivity index (χ4v) is 1.29. The zero-order chi connectivity index (χ0) is 13.1. The molecule has 0 heterocycles. The molecule has 1 aromatic carbocycles. The summed E-state index contributed by atoms with van der Waals surface area (Å²) < 4.78 is 5.07. The third-order valence-corrected chi connectivity index (χ3v) is 2.15. The highest BCUT2D eigenvalue weighted by Crippen LogP contribution is 2.20. The normalized spacial score (nSPS) is 11.1. The van der Waals surface area contributed by atoms with E-state index in [0.29, 0.717) is 17.0 Å². The Bertz CT molecular complexity index is 411. The molecule has 0 aliphatic rings. The van der Waals surface area contributed by atoms with Gasteiger partial charge in [-0.25, -0.2) is 0 Å². The molecule has 0 radical (unpaired) electrons. The second-order valence-electron chi connectivity index (χ2n) is 4.45. The van der Waals surface area contributed by atoms with E-state index >= 15 is 0 Å². The van der Waals surface area contributed by atoms with Gasteiger partial charge in [0.1, 0.15) is 5.75 Å². The third-order valence-electron chi connectivity index (χ3n) is 2.15. The molecule has 0 unspecified atom stereocenters. The Morgan fingerprint density at radius 1 is 1.53 bits per heavy atom. The fraction of sp³-hybridized carbons (Fsp3) is 0.417. The largest absolute Gasteiger partial charge is 0.496 e. The molecule has 0 saturated carbocycles. The maximum atomic E-state index is 11.9. The van der Waals surface area contributed by atoms with Crippen LogP contribution >= 0.6 is 0 Å². The molecule has 0 fully saturated rings. The molecular formula is C12H18N2O3. The number of hydrogen-bond donors (Lipinski definition) is 3. The zero-order valence-corrected chi connectivity index (χ0v) is 10.3. The van der Waals surface area contributed by atoms with Crippen LogP contribution in [-0.2, 0) is 0 Å². The van der Waals surface area contributed by atoms with E-state index in [-0.39, 0.29) is 12.5 Å². The lowest BCUT2D eigenvalue weighted by Crippen LogP contribution is -2.38. The van der Waals surface area contributed by atoms with Crippen molar-refractivity contribution in [1.82, 2.24) is 5.32 Å². The van der Waals surface area contributed by atoms with Crippen LogP contribution in [0.3, 0.4) is 0 Å². The smallest absolute Gasteiger partial charge is 0.255 e. The average Bonchev–Trinajstić information content (AvgIpc) is 2.25. The van der Waals surface area contributed by atoms with Gasteiger partial charge in [0, 0.05) is 12.2 Å².